The van der Waals surface area contributed by atoms with Gasteiger partial charge in [-0.1, -0.05) is 6.07 Å². The van der Waals surface area contributed by atoms with Gasteiger partial charge < -0.3 is 16.2 Å². The second kappa shape index (κ2) is 7.18. The van der Waals surface area contributed by atoms with Crippen LogP contribution in [0.5, 0.6) is 5.75 Å². The number of rotatable bonds is 6. The summed E-state index contributed by atoms with van der Waals surface area (Å²) >= 11 is 0. The number of hydrogen-bond acceptors (Lipinski definition) is 7. The van der Waals surface area contributed by atoms with Gasteiger partial charge in [0.25, 0.3) is 0 Å². The molecule has 2 rings (SSSR count). The van der Waals surface area contributed by atoms with Crippen LogP contribution in [0.15, 0.2) is 34.3 Å². The average Bonchev–Trinajstić information content (AvgIpc) is 2.48. The van der Waals surface area contributed by atoms with Crippen molar-refractivity contribution in [3.8, 4) is 5.75 Å². The lowest BCUT2D eigenvalue weighted by molar-refractivity contribution is -0.158. The molecule has 4 N–H and O–H groups in total. The second-order valence-corrected chi connectivity index (χ2v) is 5.79. The van der Waals surface area contributed by atoms with Crippen LogP contribution in [0, 0.1) is 0 Å². The molecule has 1 heterocycles. The third kappa shape index (κ3) is 4.99. The molecule has 0 aromatic heterocycles. The minimum Gasteiger partial charge on any atom is -0.493 e. The summed E-state index contributed by atoms with van der Waals surface area (Å²) in [5.74, 6) is 0.290. The summed E-state index contributed by atoms with van der Waals surface area (Å²) in [7, 11) is 0. The van der Waals surface area contributed by atoms with E-state index in [0.29, 0.717) is 6.42 Å². The summed E-state index contributed by atoms with van der Waals surface area (Å²) < 4.78 is 43.2. The first-order valence-electron chi connectivity index (χ1n) is 7.52. The smallest absolute Gasteiger partial charge is 0.416 e. The Morgan fingerprint density at radius 1 is 1.20 bits per heavy atom. The Morgan fingerprint density at radius 3 is 2.56 bits per heavy atom. The Kier molecular flexibility index (Phi) is 5.41. The molecule has 0 saturated heterocycles. The predicted octanol–water partition coefficient (Wildman–Crippen LogP) is 2.09. The van der Waals surface area contributed by atoms with Crippen LogP contribution in [0.1, 0.15) is 25.8 Å². The molecule has 138 valence electrons. The van der Waals surface area contributed by atoms with E-state index in [1.165, 1.54) is 17.2 Å². The molecule has 0 spiro atoms. The summed E-state index contributed by atoms with van der Waals surface area (Å²) in [5.41, 5.74) is 9.75. The second-order valence-electron chi connectivity index (χ2n) is 5.79. The summed E-state index contributed by atoms with van der Waals surface area (Å²) in [6, 6.07) is 4.70. The summed E-state index contributed by atoms with van der Waals surface area (Å²) in [6.45, 7) is 3.90. The van der Waals surface area contributed by atoms with Crippen LogP contribution in [0.3, 0.4) is 0 Å². The van der Waals surface area contributed by atoms with E-state index in [-0.39, 0.29) is 30.9 Å². The summed E-state index contributed by atoms with van der Waals surface area (Å²) in [4.78, 5) is 13.5. The molecule has 0 amide bonds. The first-order chi connectivity index (χ1) is 11.6. The molecule has 1 aliphatic heterocycles. The third-order valence-electron chi connectivity index (χ3n) is 3.26. The zero-order valence-corrected chi connectivity index (χ0v) is 13.9. The highest BCUT2D eigenvalue weighted by atomic mass is 19.4. The first-order valence-corrected chi connectivity index (χ1v) is 7.52. The molecule has 0 aliphatic carbocycles. The van der Waals surface area contributed by atoms with Gasteiger partial charge in [0.15, 0.2) is 5.66 Å². The fourth-order valence-electron chi connectivity index (χ4n) is 2.18. The Labute approximate surface area is 143 Å². The van der Waals surface area contributed by atoms with E-state index in [4.69, 9.17) is 21.0 Å². The molecule has 1 aromatic carbocycles. The maximum atomic E-state index is 12.6. The summed E-state index contributed by atoms with van der Waals surface area (Å²) in [6.07, 6.45) is -3.98. The van der Waals surface area contributed by atoms with Crippen molar-refractivity contribution in [2.75, 3.05) is 13.2 Å². The Balaban J connectivity index is 1.80. The van der Waals surface area contributed by atoms with Gasteiger partial charge in [-0.05, 0) is 32.0 Å². The van der Waals surface area contributed by atoms with E-state index >= 15 is 0 Å². The minimum atomic E-state index is -4.40. The van der Waals surface area contributed by atoms with Crippen LogP contribution >= 0.6 is 0 Å². The number of hydroxylamine groups is 2. The third-order valence-corrected chi connectivity index (χ3v) is 3.26. The van der Waals surface area contributed by atoms with Gasteiger partial charge in [0.2, 0.25) is 11.9 Å². The largest absolute Gasteiger partial charge is 0.493 e. The maximum Gasteiger partial charge on any atom is 0.416 e. The zero-order valence-electron chi connectivity index (χ0n) is 13.9. The molecule has 0 saturated carbocycles. The van der Waals surface area contributed by atoms with E-state index in [1.807, 2.05) is 0 Å². The lowest BCUT2D eigenvalue weighted by atomic mass is 10.2. The van der Waals surface area contributed by atoms with Crippen molar-refractivity contribution < 1.29 is 22.7 Å². The number of guanidine groups is 2. The maximum absolute atomic E-state index is 12.6. The monoisotopic (exact) mass is 359 g/mol. The number of alkyl halides is 3. The topological polar surface area (TPSA) is 98.5 Å². The molecule has 0 bridgehead atoms. The molecule has 1 aliphatic rings. The average molecular weight is 359 g/mol. The van der Waals surface area contributed by atoms with Crippen LogP contribution in [0.4, 0.5) is 13.2 Å². The van der Waals surface area contributed by atoms with E-state index in [0.717, 1.165) is 12.1 Å². The molecule has 0 unspecified atom stereocenters. The van der Waals surface area contributed by atoms with E-state index in [2.05, 4.69) is 9.98 Å². The van der Waals surface area contributed by atoms with Crippen molar-refractivity contribution in [3.63, 3.8) is 0 Å². The molecular formula is C15H20F3N5O2. The van der Waals surface area contributed by atoms with Gasteiger partial charge in [-0.15, -0.1) is 0 Å². The normalized spacial score (nSPS) is 17.1. The number of aliphatic imine (C=N–C) groups is 2. The van der Waals surface area contributed by atoms with Crippen LogP contribution < -0.4 is 16.2 Å². The highest BCUT2D eigenvalue weighted by Gasteiger charge is 2.33. The fourth-order valence-corrected chi connectivity index (χ4v) is 2.18. The van der Waals surface area contributed by atoms with Crippen molar-refractivity contribution in [2.24, 2.45) is 21.5 Å². The standard InChI is InChI=1S/C15H20F3N5O2/c1-14(2)22-12(19)21-13(20)23(14)25-8-4-7-24-11-6-3-5-10(9-11)15(16,17)18/h3,5-6,9H,4,7-8H2,1-2H3,(H4,19,20,21,22). The highest BCUT2D eigenvalue weighted by Crippen LogP contribution is 2.31. The van der Waals surface area contributed by atoms with Gasteiger partial charge in [0.05, 0.1) is 18.8 Å². The fraction of sp³-hybridized carbons (Fsp3) is 0.467. The Hall–Kier alpha value is -2.49. The van der Waals surface area contributed by atoms with Gasteiger partial charge in [0.1, 0.15) is 5.75 Å². The van der Waals surface area contributed by atoms with Crippen molar-refractivity contribution >= 4 is 11.9 Å². The van der Waals surface area contributed by atoms with E-state index < -0.39 is 17.4 Å². The van der Waals surface area contributed by atoms with Crippen molar-refractivity contribution in [2.45, 2.75) is 32.1 Å². The number of hydrogen-bond donors (Lipinski definition) is 2. The minimum absolute atomic E-state index is 0.0650. The van der Waals surface area contributed by atoms with Crippen LogP contribution in [0.2, 0.25) is 0 Å². The number of nitrogens with two attached hydrogens (primary N) is 2. The molecule has 0 radical (unpaired) electrons. The van der Waals surface area contributed by atoms with Crippen molar-refractivity contribution in [3.05, 3.63) is 29.8 Å². The van der Waals surface area contributed by atoms with Crippen LogP contribution in [-0.2, 0) is 11.0 Å². The highest BCUT2D eigenvalue weighted by molar-refractivity contribution is 5.95. The number of halogens is 3. The molecule has 10 heteroatoms. The molecule has 1 aromatic rings. The van der Waals surface area contributed by atoms with Crippen molar-refractivity contribution in [1.29, 1.82) is 0 Å². The molecule has 25 heavy (non-hydrogen) atoms. The number of benzene rings is 1. The molecule has 0 atom stereocenters. The van der Waals surface area contributed by atoms with Crippen molar-refractivity contribution in [1.82, 2.24) is 5.06 Å². The molecule has 7 nitrogen and oxygen atoms in total. The quantitative estimate of drug-likeness (QED) is 0.758. The van der Waals surface area contributed by atoms with Gasteiger partial charge >= 0.3 is 6.18 Å². The predicted molar refractivity (Wildman–Crippen MR) is 86.7 cm³/mol. The summed E-state index contributed by atoms with van der Waals surface area (Å²) in [5, 5.41) is 1.33. The van der Waals surface area contributed by atoms with Gasteiger partial charge in [-0.3, -0.25) is 4.84 Å². The zero-order chi connectivity index (χ0) is 18.7. The Bertz CT molecular complexity index is 673. The van der Waals surface area contributed by atoms with Crippen LogP contribution in [0.25, 0.3) is 0 Å². The molecule has 0 fully saturated rings. The van der Waals surface area contributed by atoms with E-state index in [1.54, 1.807) is 13.8 Å². The van der Waals surface area contributed by atoms with Crippen LogP contribution in [-0.4, -0.2) is 35.9 Å². The Morgan fingerprint density at radius 2 is 1.92 bits per heavy atom. The number of nitrogens with zero attached hydrogens (tertiary/aromatic N) is 3. The SMILES string of the molecule is CC1(C)N=C(N)N=C(N)N1OCCCOc1cccc(C(F)(F)F)c1. The van der Waals surface area contributed by atoms with Gasteiger partial charge in [0, 0.05) is 6.42 Å². The molecular weight excluding hydrogens is 339 g/mol. The van der Waals surface area contributed by atoms with E-state index in [9.17, 15) is 13.2 Å². The van der Waals surface area contributed by atoms with Gasteiger partial charge in [-0.25, -0.2) is 4.99 Å². The lowest BCUT2D eigenvalue weighted by Gasteiger charge is -2.36. The van der Waals surface area contributed by atoms with Gasteiger partial charge in [-0.2, -0.15) is 23.2 Å². The first kappa shape index (κ1) is 18.8. The lowest BCUT2D eigenvalue weighted by Crippen LogP contribution is -2.53. The number of ether oxygens (including phenoxy) is 1.